The van der Waals surface area contributed by atoms with Gasteiger partial charge in [-0.05, 0) is 54.8 Å². The molecule has 0 spiro atoms. The largest absolute Gasteiger partial charge is 0.507 e. The van der Waals surface area contributed by atoms with Gasteiger partial charge in [-0.3, -0.25) is 4.79 Å². The molecule has 1 aliphatic rings. The molecule has 0 saturated carbocycles. The second-order valence-corrected chi connectivity index (χ2v) is 10.5. The van der Waals surface area contributed by atoms with Gasteiger partial charge in [0.2, 0.25) is 0 Å². The number of benzene rings is 3. The number of phenolic OH excluding ortho intramolecular Hbond substituents is 1. The van der Waals surface area contributed by atoms with Crippen molar-refractivity contribution in [3.63, 3.8) is 0 Å². The number of nitrogens with one attached hydrogen (secondary N) is 1. The molecule has 4 rings (SSSR count). The maximum atomic E-state index is 12.5. The smallest absolute Gasteiger partial charge is 0.255 e. The average molecular weight is 471 g/mol. The number of rotatable bonds is 7. The summed E-state index contributed by atoms with van der Waals surface area (Å²) in [7, 11) is 0. The standard InChI is InChI=1S/C29H30N2O2S/c1-21-19-31(24-15-13-23(14-16-24)17-22-9-5-4-6-10-22)27(34-21)18-29(2,3)20-30-28(33)25-11-7-8-12-26(25)32/h4-16,18-19,32H,17,20H2,1-3H3,(H,30,33). The second kappa shape index (κ2) is 10.2. The summed E-state index contributed by atoms with van der Waals surface area (Å²) in [5.41, 5.74) is 3.69. The Morgan fingerprint density at radius 2 is 1.62 bits per heavy atom. The molecule has 0 bridgehead atoms. The summed E-state index contributed by atoms with van der Waals surface area (Å²) < 4.78 is 0. The number of allylic oxidation sites excluding steroid dienone is 1. The van der Waals surface area contributed by atoms with Crippen LogP contribution in [0.2, 0.25) is 0 Å². The van der Waals surface area contributed by atoms with Crippen molar-refractivity contribution in [1.29, 1.82) is 0 Å². The van der Waals surface area contributed by atoms with Crippen molar-refractivity contribution >= 4 is 23.4 Å². The molecule has 34 heavy (non-hydrogen) atoms. The lowest BCUT2D eigenvalue weighted by Gasteiger charge is -2.25. The molecule has 0 radical (unpaired) electrons. The predicted octanol–water partition coefficient (Wildman–Crippen LogP) is 6.70. The Morgan fingerprint density at radius 3 is 2.32 bits per heavy atom. The van der Waals surface area contributed by atoms with E-state index in [1.54, 1.807) is 30.0 Å². The van der Waals surface area contributed by atoms with Crippen LogP contribution in [0.1, 0.15) is 42.3 Å². The molecule has 174 valence electrons. The third kappa shape index (κ3) is 5.91. The zero-order chi connectivity index (χ0) is 24.1. The van der Waals surface area contributed by atoms with E-state index in [9.17, 15) is 9.90 Å². The first-order valence-electron chi connectivity index (χ1n) is 11.4. The number of hydrogen-bond acceptors (Lipinski definition) is 4. The van der Waals surface area contributed by atoms with E-state index in [-0.39, 0.29) is 22.6 Å². The quantitative estimate of drug-likeness (QED) is 0.404. The highest BCUT2D eigenvalue weighted by molar-refractivity contribution is 8.07. The molecule has 0 aliphatic carbocycles. The molecular weight excluding hydrogens is 440 g/mol. The molecular formula is C29H30N2O2S. The second-order valence-electron chi connectivity index (χ2n) is 9.21. The van der Waals surface area contributed by atoms with Crippen molar-refractivity contribution in [3.05, 3.63) is 118 Å². The van der Waals surface area contributed by atoms with Crippen LogP contribution in [0, 0.1) is 5.41 Å². The molecule has 1 amide bonds. The lowest BCUT2D eigenvalue weighted by molar-refractivity contribution is 0.0940. The summed E-state index contributed by atoms with van der Waals surface area (Å²) in [5, 5.41) is 14.0. The Hall–Kier alpha value is -3.44. The van der Waals surface area contributed by atoms with Gasteiger partial charge in [-0.1, -0.05) is 80.2 Å². The predicted molar refractivity (Wildman–Crippen MR) is 142 cm³/mol. The number of anilines is 1. The van der Waals surface area contributed by atoms with Crippen LogP contribution < -0.4 is 10.2 Å². The summed E-state index contributed by atoms with van der Waals surface area (Å²) in [4.78, 5) is 16.0. The van der Waals surface area contributed by atoms with Gasteiger partial charge >= 0.3 is 0 Å². The normalized spacial score (nSPS) is 14.9. The number of thioether (sulfide) groups is 1. The van der Waals surface area contributed by atoms with E-state index in [1.165, 1.54) is 22.1 Å². The molecule has 4 nitrogen and oxygen atoms in total. The molecule has 0 aromatic heterocycles. The number of para-hydroxylation sites is 1. The molecule has 0 atom stereocenters. The monoisotopic (exact) mass is 470 g/mol. The maximum Gasteiger partial charge on any atom is 0.255 e. The lowest BCUT2D eigenvalue weighted by Crippen LogP contribution is -2.33. The maximum absolute atomic E-state index is 12.5. The number of amides is 1. The number of hydrogen-bond donors (Lipinski definition) is 2. The van der Waals surface area contributed by atoms with Gasteiger partial charge in [0, 0.05) is 28.8 Å². The van der Waals surface area contributed by atoms with Gasteiger partial charge < -0.3 is 15.3 Å². The fourth-order valence-electron chi connectivity index (χ4n) is 3.85. The highest BCUT2D eigenvalue weighted by Crippen LogP contribution is 2.41. The Balaban J connectivity index is 1.45. The van der Waals surface area contributed by atoms with Gasteiger partial charge in [0.1, 0.15) is 5.75 Å². The van der Waals surface area contributed by atoms with Crippen LogP contribution in [0.3, 0.4) is 0 Å². The van der Waals surface area contributed by atoms with Crippen LogP contribution in [-0.2, 0) is 6.42 Å². The first-order chi connectivity index (χ1) is 16.3. The number of aromatic hydroxyl groups is 1. The molecule has 1 heterocycles. The van der Waals surface area contributed by atoms with Gasteiger partial charge in [-0.25, -0.2) is 0 Å². The van der Waals surface area contributed by atoms with E-state index in [4.69, 9.17) is 0 Å². The van der Waals surface area contributed by atoms with Gasteiger partial charge in [0.15, 0.2) is 0 Å². The molecule has 0 fully saturated rings. The minimum Gasteiger partial charge on any atom is -0.507 e. The van der Waals surface area contributed by atoms with E-state index < -0.39 is 0 Å². The fraction of sp³-hybridized carbons (Fsp3) is 0.207. The molecule has 0 saturated heterocycles. The zero-order valence-electron chi connectivity index (χ0n) is 19.8. The van der Waals surface area contributed by atoms with Crippen molar-refractivity contribution in [2.45, 2.75) is 27.2 Å². The Labute approximate surface area is 206 Å². The van der Waals surface area contributed by atoms with Crippen LogP contribution in [-0.4, -0.2) is 17.6 Å². The first-order valence-corrected chi connectivity index (χ1v) is 12.2. The molecule has 1 aliphatic heterocycles. The summed E-state index contributed by atoms with van der Waals surface area (Å²) in [6.45, 7) is 6.75. The Kier molecular flexibility index (Phi) is 7.13. The summed E-state index contributed by atoms with van der Waals surface area (Å²) in [6, 6.07) is 25.8. The van der Waals surface area contributed by atoms with Crippen molar-refractivity contribution < 1.29 is 9.90 Å². The molecule has 0 unspecified atom stereocenters. The topological polar surface area (TPSA) is 52.6 Å². The molecule has 2 N–H and O–H groups in total. The van der Waals surface area contributed by atoms with Crippen molar-refractivity contribution in [2.75, 3.05) is 11.4 Å². The van der Waals surface area contributed by atoms with E-state index in [2.05, 4.69) is 91.8 Å². The average Bonchev–Trinajstić information content (AvgIpc) is 3.18. The van der Waals surface area contributed by atoms with Crippen LogP contribution in [0.4, 0.5) is 5.69 Å². The Bertz CT molecular complexity index is 1210. The van der Waals surface area contributed by atoms with Crippen molar-refractivity contribution in [1.82, 2.24) is 5.32 Å². The highest BCUT2D eigenvalue weighted by atomic mass is 32.2. The number of nitrogens with zero attached hydrogens (tertiary/aromatic N) is 1. The van der Waals surface area contributed by atoms with Gasteiger partial charge in [0.05, 0.1) is 10.6 Å². The van der Waals surface area contributed by atoms with Crippen molar-refractivity contribution in [3.8, 4) is 5.75 Å². The van der Waals surface area contributed by atoms with Crippen LogP contribution in [0.15, 0.2) is 101 Å². The van der Waals surface area contributed by atoms with E-state index >= 15 is 0 Å². The summed E-state index contributed by atoms with van der Waals surface area (Å²) in [6.07, 6.45) is 5.27. The van der Waals surface area contributed by atoms with E-state index in [0.717, 1.165) is 17.1 Å². The Morgan fingerprint density at radius 1 is 0.971 bits per heavy atom. The molecule has 5 heteroatoms. The summed E-state index contributed by atoms with van der Waals surface area (Å²) >= 11 is 1.73. The van der Waals surface area contributed by atoms with Crippen LogP contribution in [0.25, 0.3) is 0 Å². The molecule has 3 aromatic rings. The minimum absolute atomic E-state index is 0.00998. The van der Waals surface area contributed by atoms with E-state index in [1.807, 2.05) is 6.07 Å². The lowest BCUT2D eigenvalue weighted by atomic mass is 9.93. The number of phenols is 1. The minimum atomic E-state index is -0.285. The number of carbonyl (C=O) groups excluding carboxylic acids is 1. The SMILES string of the molecule is CC1=CN(c2ccc(Cc3ccccc3)cc2)C(=CC(C)(C)CNC(=O)c2ccccc2O)S1. The van der Waals surface area contributed by atoms with E-state index in [0.29, 0.717) is 6.54 Å². The third-order valence-corrected chi connectivity index (χ3v) is 6.60. The summed E-state index contributed by atoms with van der Waals surface area (Å²) in [5.74, 6) is -0.284. The van der Waals surface area contributed by atoms with Crippen molar-refractivity contribution in [2.24, 2.45) is 5.41 Å². The van der Waals surface area contributed by atoms with Gasteiger partial charge in [-0.2, -0.15) is 0 Å². The number of carbonyl (C=O) groups is 1. The molecule has 3 aromatic carbocycles. The van der Waals surface area contributed by atoms with Crippen LogP contribution in [0.5, 0.6) is 5.75 Å². The third-order valence-electron chi connectivity index (χ3n) is 5.65. The van der Waals surface area contributed by atoms with Crippen LogP contribution >= 0.6 is 11.8 Å². The first kappa shape index (κ1) is 23.7. The zero-order valence-corrected chi connectivity index (χ0v) is 20.6. The van der Waals surface area contributed by atoms with Gasteiger partial charge in [-0.15, -0.1) is 0 Å². The van der Waals surface area contributed by atoms with Gasteiger partial charge in [0.25, 0.3) is 5.91 Å². The fourth-order valence-corrected chi connectivity index (χ4v) is 4.97. The highest BCUT2D eigenvalue weighted by Gasteiger charge is 2.24.